The summed E-state index contributed by atoms with van der Waals surface area (Å²) in [4.78, 5) is 11.1. The number of esters is 1. The van der Waals surface area contributed by atoms with E-state index in [0.717, 1.165) is 0 Å². The van der Waals surface area contributed by atoms with Crippen LogP contribution >= 0.6 is 35.8 Å². The molecule has 0 amide bonds. The van der Waals surface area contributed by atoms with Gasteiger partial charge in [-0.1, -0.05) is 23.2 Å². The fourth-order valence-electron chi connectivity index (χ4n) is 0.930. The van der Waals surface area contributed by atoms with Crippen LogP contribution < -0.4 is 4.74 Å². The molecule has 0 fully saturated rings. The van der Waals surface area contributed by atoms with Crippen LogP contribution in [0.15, 0.2) is 18.2 Å². The number of hydrogen-bond donors (Lipinski definition) is 1. The van der Waals surface area contributed by atoms with Crippen molar-refractivity contribution in [1.29, 1.82) is 0 Å². The zero-order valence-electron chi connectivity index (χ0n) is 8.28. The number of hydrogen-bond acceptors (Lipinski definition) is 4. The van der Waals surface area contributed by atoms with Crippen LogP contribution in [0.5, 0.6) is 5.75 Å². The predicted octanol–water partition coefficient (Wildman–Crippen LogP) is 2.85. The quantitative estimate of drug-likeness (QED) is 0.666. The summed E-state index contributed by atoms with van der Waals surface area (Å²) in [5.74, 6) is 0.418. The van der Waals surface area contributed by atoms with Crippen molar-refractivity contribution in [3.8, 4) is 5.75 Å². The Hall–Kier alpha value is -0.580. The summed E-state index contributed by atoms with van der Waals surface area (Å²) in [6.45, 7) is 0.0782. The summed E-state index contributed by atoms with van der Waals surface area (Å²) in [6.07, 6.45) is 0. The Balaban J connectivity index is 2.45. The molecular weight excluding hydrogens is 271 g/mol. The third-order valence-corrected chi connectivity index (χ3v) is 2.31. The van der Waals surface area contributed by atoms with Crippen molar-refractivity contribution in [2.75, 3.05) is 19.0 Å². The van der Waals surface area contributed by atoms with Crippen LogP contribution in [0.25, 0.3) is 0 Å². The number of carbonyl (C=O) groups excluding carboxylic acids is 1. The zero-order valence-corrected chi connectivity index (χ0v) is 10.7. The normalized spacial score (nSPS) is 9.94. The van der Waals surface area contributed by atoms with Crippen LogP contribution in [0, 0.1) is 0 Å². The molecule has 0 aliphatic heterocycles. The molecule has 0 heterocycles. The Morgan fingerprint density at radius 3 is 2.75 bits per heavy atom. The SMILES string of the molecule is O=C(COc1ccc(Cl)cc1Cl)OCCS. The van der Waals surface area contributed by atoms with E-state index < -0.39 is 5.97 Å². The lowest BCUT2D eigenvalue weighted by atomic mass is 10.3. The Bertz CT molecular complexity index is 371. The molecule has 6 heteroatoms. The first-order chi connectivity index (χ1) is 7.63. The summed E-state index contributed by atoms with van der Waals surface area (Å²) >= 11 is 15.5. The average molecular weight is 281 g/mol. The Morgan fingerprint density at radius 1 is 1.38 bits per heavy atom. The topological polar surface area (TPSA) is 35.5 Å². The summed E-state index contributed by atoms with van der Waals surface area (Å²) < 4.78 is 9.93. The Morgan fingerprint density at radius 2 is 2.12 bits per heavy atom. The first-order valence-electron chi connectivity index (χ1n) is 4.48. The molecule has 3 nitrogen and oxygen atoms in total. The molecule has 0 atom stereocenters. The molecule has 0 bridgehead atoms. The van der Waals surface area contributed by atoms with Gasteiger partial charge in [0.2, 0.25) is 0 Å². The van der Waals surface area contributed by atoms with Crippen molar-refractivity contribution >= 4 is 41.8 Å². The molecule has 0 radical (unpaired) electrons. The van der Waals surface area contributed by atoms with Crippen LogP contribution in [0.4, 0.5) is 0 Å². The maximum atomic E-state index is 11.1. The van der Waals surface area contributed by atoms with Gasteiger partial charge in [0.25, 0.3) is 0 Å². The van der Waals surface area contributed by atoms with E-state index >= 15 is 0 Å². The van der Waals surface area contributed by atoms with Crippen molar-refractivity contribution < 1.29 is 14.3 Å². The summed E-state index contributed by atoms with van der Waals surface area (Å²) in [5.41, 5.74) is 0. The van der Waals surface area contributed by atoms with Gasteiger partial charge in [-0.15, -0.1) is 0 Å². The monoisotopic (exact) mass is 280 g/mol. The first-order valence-corrected chi connectivity index (χ1v) is 5.86. The van der Waals surface area contributed by atoms with E-state index in [1.807, 2.05) is 0 Å². The molecule has 1 rings (SSSR count). The van der Waals surface area contributed by atoms with Crippen molar-refractivity contribution in [2.45, 2.75) is 0 Å². The van der Waals surface area contributed by atoms with Crippen LogP contribution in [-0.4, -0.2) is 24.9 Å². The molecule has 16 heavy (non-hydrogen) atoms. The zero-order chi connectivity index (χ0) is 12.0. The summed E-state index contributed by atoms with van der Waals surface area (Å²) in [6, 6.07) is 4.76. The minimum Gasteiger partial charge on any atom is -0.480 e. The lowest BCUT2D eigenvalue weighted by Crippen LogP contribution is -2.16. The van der Waals surface area contributed by atoms with Crippen LogP contribution in [-0.2, 0) is 9.53 Å². The van der Waals surface area contributed by atoms with E-state index in [-0.39, 0.29) is 13.2 Å². The number of ether oxygens (including phenoxy) is 2. The van der Waals surface area contributed by atoms with Crippen LogP contribution in [0.2, 0.25) is 10.0 Å². The molecule has 0 spiro atoms. The highest BCUT2D eigenvalue weighted by molar-refractivity contribution is 7.80. The number of carbonyl (C=O) groups is 1. The number of halogens is 2. The molecule has 0 aromatic heterocycles. The van der Waals surface area contributed by atoms with E-state index in [2.05, 4.69) is 12.6 Å². The molecule has 0 saturated heterocycles. The number of thiol groups is 1. The second-order valence-electron chi connectivity index (χ2n) is 2.81. The van der Waals surface area contributed by atoms with Crippen molar-refractivity contribution in [3.05, 3.63) is 28.2 Å². The average Bonchev–Trinajstić information content (AvgIpc) is 2.25. The van der Waals surface area contributed by atoms with Crippen molar-refractivity contribution in [1.82, 2.24) is 0 Å². The van der Waals surface area contributed by atoms with Gasteiger partial charge in [0.1, 0.15) is 12.4 Å². The predicted molar refractivity (Wildman–Crippen MR) is 66.8 cm³/mol. The Kier molecular flexibility index (Phi) is 5.80. The highest BCUT2D eigenvalue weighted by Gasteiger charge is 2.06. The molecule has 0 N–H and O–H groups in total. The molecule has 1 aromatic rings. The van der Waals surface area contributed by atoms with E-state index in [1.165, 1.54) is 6.07 Å². The highest BCUT2D eigenvalue weighted by atomic mass is 35.5. The third kappa shape index (κ3) is 4.51. The van der Waals surface area contributed by atoms with Gasteiger partial charge >= 0.3 is 5.97 Å². The maximum absolute atomic E-state index is 11.1. The van der Waals surface area contributed by atoms with Gasteiger partial charge < -0.3 is 9.47 Å². The summed E-state index contributed by atoms with van der Waals surface area (Å²) in [5, 5.41) is 0.865. The molecule has 0 aliphatic rings. The largest absolute Gasteiger partial charge is 0.480 e. The van der Waals surface area contributed by atoms with Gasteiger partial charge in [-0.25, -0.2) is 4.79 Å². The van der Waals surface area contributed by atoms with Gasteiger partial charge in [-0.05, 0) is 18.2 Å². The lowest BCUT2D eigenvalue weighted by Gasteiger charge is -2.07. The molecule has 1 aromatic carbocycles. The Labute approximate surface area is 109 Å². The van der Waals surface area contributed by atoms with E-state index in [4.69, 9.17) is 32.7 Å². The highest BCUT2D eigenvalue weighted by Crippen LogP contribution is 2.27. The molecule has 88 valence electrons. The molecule has 0 aliphatic carbocycles. The van der Waals surface area contributed by atoms with Crippen LogP contribution in [0.1, 0.15) is 0 Å². The first kappa shape index (κ1) is 13.5. The molecular formula is C10H10Cl2O3S. The van der Waals surface area contributed by atoms with Gasteiger partial charge in [0.05, 0.1) is 5.02 Å². The molecule has 0 unspecified atom stereocenters. The van der Waals surface area contributed by atoms with Gasteiger partial charge in [-0.2, -0.15) is 12.6 Å². The fraction of sp³-hybridized carbons (Fsp3) is 0.300. The number of rotatable bonds is 5. The smallest absolute Gasteiger partial charge is 0.344 e. The fourth-order valence-corrected chi connectivity index (χ4v) is 1.48. The summed E-state index contributed by atoms with van der Waals surface area (Å²) in [7, 11) is 0. The second kappa shape index (κ2) is 6.89. The standard InChI is InChI=1S/C10H10Cl2O3S/c11-7-1-2-9(8(12)5-7)15-6-10(13)14-3-4-16/h1-2,5,16H,3-4,6H2. The van der Waals surface area contributed by atoms with Gasteiger partial charge in [-0.3, -0.25) is 0 Å². The molecule has 0 saturated carbocycles. The third-order valence-electron chi connectivity index (χ3n) is 1.59. The minimum absolute atomic E-state index is 0.185. The van der Waals surface area contributed by atoms with Crippen molar-refractivity contribution in [3.63, 3.8) is 0 Å². The van der Waals surface area contributed by atoms with E-state index in [1.54, 1.807) is 12.1 Å². The number of benzene rings is 1. The van der Waals surface area contributed by atoms with Crippen molar-refractivity contribution in [2.24, 2.45) is 0 Å². The second-order valence-corrected chi connectivity index (χ2v) is 4.10. The van der Waals surface area contributed by atoms with Gasteiger partial charge in [0.15, 0.2) is 6.61 Å². The minimum atomic E-state index is -0.458. The maximum Gasteiger partial charge on any atom is 0.344 e. The van der Waals surface area contributed by atoms with E-state index in [0.29, 0.717) is 21.5 Å². The lowest BCUT2D eigenvalue weighted by molar-refractivity contribution is -0.145. The van der Waals surface area contributed by atoms with E-state index in [9.17, 15) is 4.79 Å². The van der Waals surface area contributed by atoms with Crippen LogP contribution in [0.3, 0.4) is 0 Å². The van der Waals surface area contributed by atoms with Gasteiger partial charge in [0, 0.05) is 10.8 Å².